The van der Waals surface area contributed by atoms with E-state index in [9.17, 15) is 14.4 Å². The van der Waals surface area contributed by atoms with E-state index in [1.807, 2.05) is 55.5 Å². The van der Waals surface area contributed by atoms with Crippen LogP contribution in [-0.4, -0.2) is 5.91 Å². The number of hydrogen-bond acceptors (Lipinski definition) is 3. The summed E-state index contributed by atoms with van der Waals surface area (Å²) in [5.41, 5.74) is 2.58. The second-order valence-corrected chi connectivity index (χ2v) is 9.33. The minimum Gasteiger partial charge on any atom is -0.487 e. The van der Waals surface area contributed by atoms with Crippen molar-refractivity contribution in [2.45, 2.75) is 19.6 Å². The Hall–Kier alpha value is -2.45. The second-order valence-electron chi connectivity index (χ2n) is 7.00. The summed E-state index contributed by atoms with van der Waals surface area (Å²) in [7, 11) is 0. The van der Waals surface area contributed by atoms with Gasteiger partial charge in [0.15, 0.2) is 0 Å². The predicted molar refractivity (Wildman–Crippen MR) is 139 cm³/mol. The fourth-order valence-corrected chi connectivity index (χ4v) is 5.08. The summed E-state index contributed by atoms with van der Waals surface area (Å²) in [5, 5.41) is 12.4. The summed E-state index contributed by atoms with van der Waals surface area (Å²) in [4.78, 5) is 12.6. The number of nitrogens with zero attached hydrogens (tertiary/aromatic N) is 1. The predicted octanol–water partition coefficient (Wildman–Crippen LogP) is 6.40. The lowest BCUT2D eigenvalue weighted by molar-refractivity contribution is -0.117. The van der Waals surface area contributed by atoms with Gasteiger partial charge in [-0.15, -0.1) is 0 Å². The molecular formula is C25H19FI2N2O2. The van der Waals surface area contributed by atoms with Crippen molar-refractivity contribution in [3.8, 4) is 11.8 Å². The normalized spacial score (nSPS) is 12.0. The number of carbonyl (C=O) groups is 1. The fourth-order valence-electron chi connectivity index (χ4n) is 2.95. The van der Waals surface area contributed by atoms with Gasteiger partial charge in [0, 0.05) is 0 Å². The number of amides is 1. The Balaban J connectivity index is 1.74. The molecule has 32 heavy (non-hydrogen) atoms. The molecule has 4 nitrogen and oxygen atoms in total. The molecule has 1 amide bonds. The topological polar surface area (TPSA) is 62.1 Å². The molecular weight excluding hydrogens is 633 g/mol. The Morgan fingerprint density at radius 3 is 2.34 bits per heavy atom. The molecule has 162 valence electrons. The van der Waals surface area contributed by atoms with Crippen LogP contribution < -0.4 is 10.1 Å². The van der Waals surface area contributed by atoms with E-state index in [1.165, 1.54) is 12.1 Å². The quantitative estimate of drug-likeness (QED) is 0.183. The van der Waals surface area contributed by atoms with Gasteiger partial charge in [-0.2, -0.15) is 5.26 Å². The van der Waals surface area contributed by atoms with Gasteiger partial charge in [0.05, 0.1) is 13.2 Å². The molecule has 7 heteroatoms. The van der Waals surface area contributed by atoms with Crippen molar-refractivity contribution in [1.29, 1.82) is 5.26 Å². The molecule has 0 bridgehead atoms. The lowest BCUT2D eigenvalue weighted by atomic mass is 10.1. The summed E-state index contributed by atoms with van der Waals surface area (Å²) in [6.45, 7) is 2.19. The molecule has 0 unspecified atom stereocenters. The molecule has 1 N–H and O–H groups in total. The monoisotopic (exact) mass is 652 g/mol. The molecule has 1 atom stereocenters. The highest BCUT2D eigenvalue weighted by Crippen LogP contribution is 2.30. The van der Waals surface area contributed by atoms with Gasteiger partial charge in [-0.3, -0.25) is 4.79 Å². The average Bonchev–Trinajstić information content (AvgIpc) is 2.78. The van der Waals surface area contributed by atoms with Gasteiger partial charge in [0.25, 0.3) is 5.91 Å². The molecule has 0 heterocycles. The van der Waals surface area contributed by atoms with Gasteiger partial charge >= 0.3 is 0 Å². The van der Waals surface area contributed by atoms with Crippen LogP contribution in [0.3, 0.4) is 0 Å². The third kappa shape index (κ3) is 6.53. The van der Waals surface area contributed by atoms with Crippen molar-refractivity contribution >= 4 is 57.2 Å². The zero-order chi connectivity index (χ0) is 23.1. The van der Waals surface area contributed by atoms with E-state index in [2.05, 4.69) is 50.5 Å². The highest BCUT2D eigenvalue weighted by Gasteiger charge is 2.15. The van der Waals surface area contributed by atoms with Gasteiger partial charge in [-0.05, 0) is 99.1 Å². The number of carbonyl (C=O) groups excluding carboxylic acids is 1. The molecule has 3 aromatic rings. The van der Waals surface area contributed by atoms with E-state index < -0.39 is 5.91 Å². The number of nitriles is 1. The van der Waals surface area contributed by atoms with Crippen LogP contribution in [0.1, 0.15) is 29.7 Å². The summed E-state index contributed by atoms with van der Waals surface area (Å²) in [5.74, 6) is -0.0108. The minimum atomic E-state index is -0.425. The highest BCUT2D eigenvalue weighted by molar-refractivity contribution is 14.1. The highest BCUT2D eigenvalue weighted by atomic mass is 127. The number of nitrogens with one attached hydrogen (secondary N) is 1. The minimum absolute atomic E-state index is 0.0272. The first-order valence-electron chi connectivity index (χ1n) is 9.71. The van der Waals surface area contributed by atoms with Crippen LogP contribution in [-0.2, 0) is 11.4 Å². The third-order valence-electron chi connectivity index (χ3n) is 4.64. The van der Waals surface area contributed by atoms with Gasteiger partial charge in [-0.25, -0.2) is 4.39 Å². The van der Waals surface area contributed by atoms with Gasteiger partial charge in [0.2, 0.25) is 0 Å². The van der Waals surface area contributed by atoms with E-state index in [1.54, 1.807) is 18.2 Å². The summed E-state index contributed by atoms with van der Waals surface area (Å²) >= 11 is 4.32. The lowest BCUT2D eigenvalue weighted by Crippen LogP contribution is -2.27. The first kappa shape index (κ1) is 24.2. The number of halogens is 3. The first-order valence-corrected chi connectivity index (χ1v) is 11.9. The molecule has 0 radical (unpaired) electrons. The maximum atomic E-state index is 13.1. The first-order chi connectivity index (χ1) is 15.4. The zero-order valence-corrected chi connectivity index (χ0v) is 21.4. The van der Waals surface area contributed by atoms with Crippen LogP contribution in [0, 0.1) is 24.3 Å². The molecule has 0 aliphatic heterocycles. The SMILES string of the molecule is C[C@@H](NC(=O)/C(C#N)=C\c1cc(I)c(OCc2ccc(F)cc2)c(I)c1)c1ccccc1. The third-order valence-corrected chi connectivity index (χ3v) is 6.24. The van der Waals surface area contributed by atoms with Crippen molar-refractivity contribution in [2.24, 2.45) is 0 Å². The molecule has 0 saturated heterocycles. The van der Waals surface area contributed by atoms with Crippen molar-refractivity contribution in [3.63, 3.8) is 0 Å². The molecule has 0 aliphatic rings. The van der Waals surface area contributed by atoms with Crippen molar-refractivity contribution < 1.29 is 13.9 Å². The second kappa shape index (κ2) is 11.4. The maximum absolute atomic E-state index is 13.1. The standard InChI is InChI=1S/C25H19FI2N2O2/c1-16(19-5-3-2-4-6-19)30-25(31)20(14-29)11-18-12-22(27)24(23(28)13-18)32-15-17-7-9-21(26)10-8-17/h2-13,16H,15H2,1H3,(H,30,31)/b20-11-/t16-/m1/s1. The Morgan fingerprint density at radius 2 is 1.75 bits per heavy atom. The number of benzene rings is 3. The molecule has 0 aromatic heterocycles. The Kier molecular flexibility index (Phi) is 8.64. The number of rotatable bonds is 7. The summed E-state index contributed by atoms with van der Waals surface area (Å²) < 4.78 is 20.7. The lowest BCUT2D eigenvalue weighted by Gasteiger charge is -2.14. The largest absolute Gasteiger partial charge is 0.487 e. The zero-order valence-electron chi connectivity index (χ0n) is 17.1. The fraction of sp³-hybridized carbons (Fsp3) is 0.120. The van der Waals surface area contributed by atoms with Crippen LogP contribution in [0.5, 0.6) is 5.75 Å². The molecule has 3 rings (SSSR count). The average molecular weight is 652 g/mol. The van der Waals surface area contributed by atoms with Gasteiger partial charge in [0.1, 0.15) is 29.8 Å². The van der Waals surface area contributed by atoms with Crippen molar-refractivity contribution in [2.75, 3.05) is 0 Å². The van der Waals surface area contributed by atoms with E-state index in [4.69, 9.17) is 4.74 Å². The van der Waals surface area contributed by atoms with Crippen LogP contribution in [0.25, 0.3) is 6.08 Å². The molecule has 0 aliphatic carbocycles. The van der Waals surface area contributed by atoms with Crippen molar-refractivity contribution in [3.05, 3.63) is 102 Å². The van der Waals surface area contributed by atoms with Crippen LogP contribution >= 0.6 is 45.2 Å². The van der Waals surface area contributed by atoms with Crippen LogP contribution in [0.15, 0.2) is 72.3 Å². The van der Waals surface area contributed by atoms with E-state index in [0.717, 1.165) is 23.8 Å². The van der Waals surface area contributed by atoms with Crippen LogP contribution in [0.2, 0.25) is 0 Å². The van der Waals surface area contributed by atoms with E-state index in [-0.39, 0.29) is 17.4 Å². The Labute approximate surface area is 213 Å². The van der Waals surface area contributed by atoms with Gasteiger partial charge in [-0.1, -0.05) is 42.5 Å². The molecule has 3 aromatic carbocycles. The summed E-state index contributed by atoms with van der Waals surface area (Å²) in [6, 6.07) is 21.2. The Bertz CT molecular complexity index is 1150. The Morgan fingerprint density at radius 1 is 1.12 bits per heavy atom. The van der Waals surface area contributed by atoms with Crippen LogP contribution in [0.4, 0.5) is 4.39 Å². The molecule has 0 spiro atoms. The molecule has 0 fully saturated rings. The van der Waals surface area contributed by atoms with Gasteiger partial charge < -0.3 is 10.1 Å². The molecule has 0 saturated carbocycles. The van der Waals surface area contributed by atoms with E-state index >= 15 is 0 Å². The smallest absolute Gasteiger partial charge is 0.262 e. The number of hydrogen-bond donors (Lipinski definition) is 1. The van der Waals surface area contributed by atoms with E-state index in [0.29, 0.717) is 12.4 Å². The number of ether oxygens (including phenoxy) is 1. The van der Waals surface area contributed by atoms with Crippen molar-refractivity contribution in [1.82, 2.24) is 5.32 Å². The maximum Gasteiger partial charge on any atom is 0.262 e. The summed E-state index contributed by atoms with van der Waals surface area (Å²) in [6.07, 6.45) is 1.57.